The van der Waals surface area contributed by atoms with E-state index in [4.69, 9.17) is 9.15 Å². The largest absolute Gasteiger partial charge is 0.490 e. The molecule has 4 aromatic rings. The molecular weight excluding hydrogens is 504 g/mol. The number of halogens is 1. The summed E-state index contributed by atoms with van der Waals surface area (Å²) in [7, 11) is 0. The maximum absolute atomic E-state index is 13.6. The molecular formula is C25H19BrN2O4S. The zero-order valence-electron chi connectivity index (χ0n) is 17.9. The zero-order chi connectivity index (χ0) is 23.3. The van der Waals surface area contributed by atoms with Crippen molar-refractivity contribution in [2.45, 2.75) is 19.9 Å². The van der Waals surface area contributed by atoms with E-state index in [0.717, 1.165) is 20.6 Å². The van der Waals surface area contributed by atoms with Crippen molar-refractivity contribution in [2.24, 2.45) is 0 Å². The lowest BCUT2D eigenvalue weighted by Gasteiger charge is -2.22. The summed E-state index contributed by atoms with van der Waals surface area (Å²) in [6.45, 7) is 7.91. The van der Waals surface area contributed by atoms with Crippen LogP contribution in [0.25, 0.3) is 11.0 Å². The second-order valence-corrected chi connectivity index (χ2v) is 9.80. The number of hydrogen-bond donors (Lipinski definition) is 0. The van der Waals surface area contributed by atoms with Crippen LogP contribution in [0.5, 0.6) is 5.75 Å². The van der Waals surface area contributed by atoms with Crippen molar-refractivity contribution in [3.8, 4) is 5.75 Å². The van der Waals surface area contributed by atoms with Gasteiger partial charge in [-0.3, -0.25) is 14.5 Å². The van der Waals surface area contributed by atoms with Gasteiger partial charge in [0.15, 0.2) is 10.6 Å². The van der Waals surface area contributed by atoms with Crippen LogP contribution in [0.1, 0.15) is 38.3 Å². The van der Waals surface area contributed by atoms with Gasteiger partial charge >= 0.3 is 0 Å². The van der Waals surface area contributed by atoms with Gasteiger partial charge in [-0.1, -0.05) is 40.7 Å². The second-order valence-electron chi connectivity index (χ2n) is 7.70. The Morgan fingerprint density at radius 2 is 1.97 bits per heavy atom. The fourth-order valence-corrected chi connectivity index (χ4v) is 5.22. The predicted molar refractivity (Wildman–Crippen MR) is 133 cm³/mol. The molecule has 166 valence electrons. The van der Waals surface area contributed by atoms with Gasteiger partial charge in [0.25, 0.3) is 5.91 Å². The van der Waals surface area contributed by atoms with Crippen molar-refractivity contribution >= 4 is 49.3 Å². The first-order valence-electron chi connectivity index (χ1n) is 10.3. The monoisotopic (exact) mass is 522 g/mol. The van der Waals surface area contributed by atoms with Crippen molar-refractivity contribution in [3.63, 3.8) is 0 Å². The molecule has 0 spiro atoms. The maximum atomic E-state index is 13.6. The van der Waals surface area contributed by atoms with Gasteiger partial charge in [0.1, 0.15) is 17.9 Å². The summed E-state index contributed by atoms with van der Waals surface area (Å²) < 4.78 is 12.4. The number of anilines is 1. The number of aromatic nitrogens is 1. The molecule has 1 aliphatic heterocycles. The highest BCUT2D eigenvalue weighted by Crippen LogP contribution is 2.43. The second kappa shape index (κ2) is 8.28. The number of carbonyl (C=O) groups excluding carboxylic acids is 1. The zero-order valence-corrected chi connectivity index (χ0v) is 20.3. The first-order chi connectivity index (χ1) is 15.9. The van der Waals surface area contributed by atoms with Gasteiger partial charge in [0, 0.05) is 9.35 Å². The van der Waals surface area contributed by atoms with Gasteiger partial charge in [-0.05, 0) is 49.7 Å². The molecule has 0 N–H and O–H groups in total. The Kier molecular flexibility index (Phi) is 5.42. The van der Waals surface area contributed by atoms with Crippen LogP contribution in [0.3, 0.4) is 0 Å². The predicted octanol–water partition coefficient (Wildman–Crippen LogP) is 5.94. The van der Waals surface area contributed by atoms with E-state index in [2.05, 4.69) is 27.5 Å². The summed E-state index contributed by atoms with van der Waals surface area (Å²) in [5.41, 5.74) is 2.07. The molecule has 5 rings (SSSR count). The van der Waals surface area contributed by atoms with Crippen molar-refractivity contribution in [3.05, 3.63) is 97.3 Å². The highest BCUT2D eigenvalue weighted by Gasteiger charge is 2.45. The average Bonchev–Trinajstić information content (AvgIpc) is 3.29. The van der Waals surface area contributed by atoms with Gasteiger partial charge in [-0.15, -0.1) is 11.3 Å². The number of ether oxygens (including phenoxy) is 1. The van der Waals surface area contributed by atoms with Gasteiger partial charge in [-0.25, -0.2) is 4.98 Å². The molecule has 8 heteroatoms. The lowest BCUT2D eigenvalue weighted by Crippen LogP contribution is -2.29. The number of rotatable bonds is 5. The number of aryl methyl sites for hydroxylation is 2. The third-order valence-electron chi connectivity index (χ3n) is 5.62. The Hall–Kier alpha value is -3.23. The van der Waals surface area contributed by atoms with E-state index in [9.17, 15) is 9.59 Å². The lowest BCUT2D eigenvalue weighted by molar-refractivity contribution is 0.0971. The number of carbonyl (C=O) groups is 1. The van der Waals surface area contributed by atoms with Crippen molar-refractivity contribution in [1.82, 2.24) is 4.98 Å². The molecule has 2 aromatic heterocycles. The van der Waals surface area contributed by atoms with E-state index in [-0.39, 0.29) is 17.1 Å². The normalized spacial score (nSPS) is 15.2. The molecule has 0 saturated heterocycles. The van der Waals surface area contributed by atoms with Crippen LogP contribution in [0.2, 0.25) is 0 Å². The third kappa shape index (κ3) is 3.59. The van der Waals surface area contributed by atoms with E-state index >= 15 is 0 Å². The number of nitrogens with zero attached hydrogens (tertiary/aromatic N) is 2. The molecule has 0 radical (unpaired) electrons. The van der Waals surface area contributed by atoms with E-state index < -0.39 is 6.04 Å². The van der Waals surface area contributed by atoms with E-state index in [0.29, 0.717) is 34.0 Å². The Morgan fingerprint density at radius 3 is 2.64 bits per heavy atom. The van der Waals surface area contributed by atoms with Gasteiger partial charge in [-0.2, -0.15) is 0 Å². The Morgan fingerprint density at radius 1 is 1.21 bits per heavy atom. The average molecular weight is 523 g/mol. The molecule has 33 heavy (non-hydrogen) atoms. The number of fused-ring (bicyclic) bond motifs is 2. The first-order valence-corrected chi connectivity index (χ1v) is 11.9. The summed E-state index contributed by atoms with van der Waals surface area (Å²) in [6.07, 6.45) is 1.67. The molecule has 1 aliphatic rings. The summed E-state index contributed by atoms with van der Waals surface area (Å²) in [5, 5.41) is 0.947. The molecule has 0 bridgehead atoms. The molecule has 0 aliphatic carbocycles. The SMILES string of the molecule is C=CCOc1ccc([C@@H]2c3c(oc4ccc(Br)cc4c3=O)C(=O)N2c2nc(C)c(C)s2)cc1. The lowest BCUT2D eigenvalue weighted by atomic mass is 9.98. The van der Waals surface area contributed by atoms with Crippen molar-refractivity contribution in [2.75, 3.05) is 11.5 Å². The van der Waals surface area contributed by atoms with E-state index in [1.807, 2.05) is 38.1 Å². The topological polar surface area (TPSA) is 72.6 Å². The molecule has 2 aromatic carbocycles. The Balaban J connectivity index is 1.73. The van der Waals surface area contributed by atoms with Crippen LogP contribution in [-0.4, -0.2) is 17.5 Å². The number of thiazole rings is 1. The van der Waals surface area contributed by atoms with Crippen LogP contribution < -0.4 is 15.1 Å². The van der Waals surface area contributed by atoms with Crippen LogP contribution in [-0.2, 0) is 0 Å². The van der Waals surface area contributed by atoms with Gasteiger partial charge in [0.05, 0.1) is 22.7 Å². The standard InChI is InChI=1S/C25H19BrN2O4S/c1-4-11-31-17-8-5-15(6-9-17)21-20-22(29)18-12-16(26)7-10-19(18)32-23(20)24(30)28(21)25-27-13(2)14(3)33-25/h4-10,12,21H,1,11H2,2-3H3/t21-/m1/s1. The number of benzene rings is 2. The Labute approximate surface area is 202 Å². The highest BCUT2D eigenvalue weighted by atomic mass is 79.9. The highest BCUT2D eigenvalue weighted by molar-refractivity contribution is 9.10. The summed E-state index contributed by atoms with van der Waals surface area (Å²) in [5.74, 6) is 0.347. The van der Waals surface area contributed by atoms with E-state index in [1.165, 1.54) is 11.3 Å². The molecule has 0 unspecified atom stereocenters. The minimum Gasteiger partial charge on any atom is -0.490 e. The fourth-order valence-electron chi connectivity index (χ4n) is 3.92. The van der Waals surface area contributed by atoms with Gasteiger partial charge in [0.2, 0.25) is 5.76 Å². The van der Waals surface area contributed by atoms with Crippen LogP contribution in [0.15, 0.2) is 68.8 Å². The maximum Gasteiger partial charge on any atom is 0.297 e. The minimum absolute atomic E-state index is 0.0531. The first kappa shape index (κ1) is 21.6. The van der Waals surface area contributed by atoms with Crippen LogP contribution in [0.4, 0.5) is 5.13 Å². The van der Waals surface area contributed by atoms with E-state index in [1.54, 1.807) is 29.2 Å². The summed E-state index contributed by atoms with van der Waals surface area (Å²) in [4.78, 5) is 34.4. The quantitative estimate of drug-likeness (QED) is 0.303. The summed E-state index contributed by atoms with van der Waals surface area (Å²) >= 11 is 4.84. The molecule has 0 fully saturated rings. The van der Waals surface area contributed by atoms with Crippen molar-refractivity contribution in [1.29, 1.82) is 0 Å². The molecule has 0 saturated carbocycles. The van der Waals surface area contributed by atoms with Crippen molar-refractivity contribution < 1.29 is 13.9 Å². The smallest absolute Gasteiger partial charge is 0.297 e. The van der Waals surface area contributed by atoms with Crippen LogP contribution >= 0.6 is 27.3 Å². The Bertz CT molecular complexity index is 1450. The minimum atomic E-state index is -0.662. The molecule has 3 heterocycles. The fraction of sp³-hybridized carbons (Fsp3) is 0.160. The molecule has 6 nitrogen and oxygen atoms in total. The number of hydrogen-bond acceptors (Lipinski definition) is 6. The molecule has 1 atom stereocenters. The summed E-state index contributed by atoms with van der Waals surface area (Å²) in [6, 6.07) is 11.9. The van der Waals surface area contributed by atoms with Crippen LogP contribution in [0, 0.1) is 13.8 Å². The molecule has 1 amide bonds. The number of amides is 1. The van der Waals surface area contributed by atoms with Gasteiger partial charge < -0.3 is 9.15 Å². The third-order valence-corrected chi connectivity index (χ3v) is 7.18.